The number of pyridine rings is 1. The van der Waals surface area contributed by atoms with Gasteiger partial charge in [-0.3, -0.25) is 9.52 Å². The molecule has 12 heteroatoms. The number of carbonyl (C=O) groups is 2. The van der Waals surface area contributed by atoms with Crippen LogP contribution in [0.2, 0.25) is 0 Å². The number of hydrogen-bond donors (Lipinski definition) is 3. The zero-order chi connectivity index (χ0) is 31.1. The van der Waals surface area contributed by atoms with Crippen molar-refractivity contribution >= 4 is 60.9 Å². The van der Waals surface area contributed by atoms with Gasteiger partial charge in [0.2, 0.25) is 0 Å². The normalized spacial score (nSPS) is 13.7. The van der Waals surface area contributed by atoms with Crippen molar-refractivity contribution in [3.63, 3.8) is 0 Å². The first-order chi connectivity index (χ1) is 21.8. The van der Waals surface area contributed by atoms with Gasteiger partial charge in [0.15, 0.2) is 0 Å². The fraction of sp³-hybridized carbons (Fsp3) is 0.121. The highest BCUT2D eigenvalue weighted by molar-refractivity contribution is 7.93. The zero-order valence-corrected chi connectivity index (χ0v) is 25.3. The van der Waals surface area contributed by atoms with Gasteiger partial charge in [0, 0.05) is 58.0 Å². The Bertz CT molecular complexity index is 2190. The molecule has 3 N–H and O–H groups in total. The maximum absolute atomic E-state index is 13.2. The van der Waals surface area contributed by atoms with Crippen LogP contribution < -0.4 is 4.72 Å². The first kappa shape index (κ1) is 28.7. The molecule has 0 radical (unpaired) electrons. The molecule has 3 aromatic carbocycles. The minimum Gasteiger partial charge on any atom is -0.477 e. The number of sulfonamides is 1. The van der Waals surface area contributed by atoms with Crippen molar-refractivity contribution in [2.75, 3.05) is 31.0 Å². The number of carboxylic acids is 1. The predicted octanol–water partition coefficient (Wildman–Crippen LogP) is 6.08. The zero-order valence-electron chi connectivity index (χ0n) is 23.7. The number of aromatic carboxylic acids is 1. The Balaban J connectivity index is 1.34. The number of ether oxygens (including phenoxy) is 1. The van der Waals surface area contributed by atoms with Gasteiger partial charge in [-0.1, -0.05) is 42.5 Å². The lowest BCUT2D eigenvalue weighted by Crippen LogP contribution is -2.40. The summed E-state index contributed by atoms with van der Waals surface area (Å²) in [5.41, 5.74) is 5.79. The Hall–Kier alpha value is -5.04. The minimum absolute atomic E-state index is 0.0359. The number of thiophene rings is 1. The van der Waals surface area contributed by atoms with Crippen LogP contribution >= 0.6 is 11.3 Å². The number of H-pyrrole nitrogens is 1. The molecule has 0 saturated carbocycles. The van der Waals surface area contributed by atoms with Gasteiger partial charge in [0.1, 0.15) is 15.4 Å². The van der Waals surface area contributed by atoms with Crippen LogP contribution in [-0.4, -0.2) is 66.6 Å². The average Bonchev–Trinajstić information content (AvgIpc) is 3.71. The molecule has 1 fully saturated rings. The second kappa shape index (κ2) is 11.5. The van der Waals surface area contributed by atoms with Crippen LogP contribution in [0.4, 0.5) is 5.69 Å². The monoisotopic (exact) mass is 638 g/mol. The summed E-state index contributed by atoms with van der Waals surface area (Å²) in [6, 6.07) is 23.7. The summed E-state index contributed by atoms with van der Waals surface area (Å²) < 4.78 is 34.3. The molecule has 10 nitrogen and oxygen atoms in total. The Morgan fingerprint density at radius 2 is 1.71 bits per heavy atom. The van der Waals surface area contributed by atoms with Gasteiger partial charge in [0.25, 0.3) is 15.9 Å². The number of anilines is 1. The summed E-state index contributed by atoms with van der Waals surface area (Å²) in [7, 11) is -4.17. The van der Waals surface area contributed by atoms with Crippen LogP contribution in [0.5, 0.6) is 0 Å². The van der Waals surface area contributed by atoms with Crippen molar-refractivity contribution in [2.24, 2.45) is 0 Å². The third kappa shape index (κ3) is 5.33. The molecule has 7 rings (SSSR count). The van der Waals surface area contributed by atoms with Gasteiger partial charge in [-0.05, 0) is 52.9 Å². The van der Waals surface area contributed by atoms with Gasteiger partial charge >= 0.3 is 5.97 Å². The SMILES string of the molecule is O=C(O)c1sccc1S(=O)(=O)Nc1ccc2[nH]c3ncc(-c4ccc(C(=O)N5CCOCC5)cc4)c(-c4ccccc4)c3c2c1. The van der Waals surface area contributed by atoms with E-state index in [4.69, 9.17) is 9.72 Å². The number of nitrogens with one attached hydrogen (secondary N) is 2. The van der Waals surface area contributed by atoms with E-state index in [-0.39, 0.29) is 21.4 Å². The number of rotatable bonds is 7. The number of nitrogens with zero attached hydrogens (tertiary/aromatic N) is 2. The van der Waals surface area contributed by atoms with Gasteiger partial charge < -0.3 is 19.7 Å². The van der Waals surface area contributed by atoms with E-state index in [1.54, 1.807) is 29.3 Å². The van der Waals surface area contributed by atoms with Crippen LogP contribution in [0.1, 0.15) is 20.0 Å². The molecule has 0 atom stereocenters. The van der Waals surface area contributed by atoms with Gasteiger partial charge in [-0.25, -0.2) is 18.2 Å². The largest absolute Gasteiger partial charge is 0.477 e. The van der Waals surface area contributed by atoms with Crippen molar-refractivity contribution in [1.82, 2.24) is 14.9 Å². The molecule has 1 aliphatic heterocycles. The first-order valence-corrected chi connectivity index (χ1v) is 16.5. The molecule has 45 heavy (non-hydrogen) atoms. The minimum atomic E-state index is -4.17. The summed E-state index contributed by atoms with van der Waals surface area (Å²) in [6.45, 7) is 2.18. The number of aromatic nitrogens is 2. The Morgan fingerprint density at radius 1 is 0.956 bits per heavy atom. The molecule has 4 heterocycles. The smallest absolute Gasteiger partial charge is 0.347 e. The lowest BCUT2D eigenvalue weighted by atomic mass is 9.92. The predicted molar refractivity (Wildman–Crippen MR) is 173 cm³/mol. The van der Waals surface area contributed by atoms with E-state index in [1.807, 2.05) is 54.6 Å². The summed E-state index contributed by atoms with van der Waals surface area (Å²) >= 11 is 0.851. The van der Waals surface area contributed by atoms with E-state index in [1.165, 1.54) is 11.4 Å². The van der Waals surface area contributed by atoms with Gasteiger partial charge in [0.05, 0.1) is 13.2 Å². The van der Waals surface area contributed by atoms with Crippen molar-refractivity contribution in [1.29, 1.82) is 0 Å². The van der Waals surface area contributed by atoms with Crippen LogP contribution in [0.25, 0.3) is 44.2 Å². The lowest BCUT2D eigenvalue weighted by molar-refractivity contribution is 0.0303. The Morgan fingerprint density at radius 3 is 2.44 bits per heavy atom. The Labute approximate surface area is 262 Å². The maximum atomic E-state index is 13.2. The second-order valence-corrected chi connectivity index (χ2v) is 13.1. The molecule has 3 aromatic heterocycles. The van der Waals surface area contributed by atoms with Crippen molar-refractivity contribution < 1.29 is 27.9 Å². The number of morpholine rings is 1. The standard InChI is InChI=1S/C33H26N4O6S2/c38-32(37-13-15-43-16-14-37)22-8-6-20(7-9-22)25-19-34-31-29(28(25)21-4-2-1-3-5-21)24-18-23(10-11-26(24)35-31)36-45(41,42)27-12-17-44-30(27)33(39)40/h1-12,17-19,36H,13-16H2,(H,34,35)(H,39,40). The molecular weight excluding hydrogens is 613 g/mol. The fourth-order valence-electron chi connectivity index (χ4n) is 5.66. The molecule has 6 aromatic rings. The van der Waals surface area contributed by atoms with E-state index in [9.17, 15) is 23.1 Å². The molecule has 1 amide bonds. The lowest BCUT2D eigenvalue weighted by Gasteiger charge is -2.26. The number of carboxylic acid groups (broad SMARTS) is 1. The highest BCUT2D eigenvalue weighted by Gasteiger charge is 2.25. The topological polar surface area (TPSA) is 142 Å². The molecule has 0 spiro atoms. The van der Waals surface area contributed by atoms with Crippen LogP contribution in [0.15, 0.2) is 95.3 Å². The summed E-state index contributed by atoms with van der Waals surface area (Å²) in [5.74, 6) is -1.34. The highest BCUT2D eigenvalue weighted by Crippen LogP contribution is 2.41. The summed E-state index contributed by atoms with van der Waals surface area (Å²) in [4.78, 5) is 34.0. The van der Waals surface area contributed by atoms with Crippen molar-refractivity contribution in [2.45, 2.75) is 4.90 Å². The first-order valence-electron chi connectivity index (χ1n) is 14.1. The maximum Gasteiger partial charge on any atom is 0.347 e. The van der Waals surface area contributed by atoms with E-state index >= 15 is 0 Å². The molecule has 0 bridgehead atoms. The van der Waals surface area contributed by atoms with Crippen molar-refractivity contribution in [3.8, 4) is 22.3 Å². The third-order valence-electron chi connectivity index (χ3n) is 7.79. The molecule has 0 aliphatic carbocycles. The second-order valence-electron chi connectivity index (χ2n) is 10.5. The van der Waals surface area contributed by atoms with Crippen LogP contribution in [0.3, 0.4) is 0 Å². The number of carbonyl (C=O) groups excluding carboxylic acids is 1. The van der Waals surface area contributed by atoms with Crippen molar-refractivity contribution in [3.05, 3.63) is 101 Å². The van der Waals surface area contributed by atoms with E-state index in [2.05, 4.69) is 9.71 Å². The number of fused-ring (bicyclic) bond motifs is 3. The quantitative estimate of drug-likeness (QED) is 0.192. The van der Waals surface area contributed by atoms with E-state index in [0.29, 0.717) is 37.5 Å². The number of amides is 1. The molecule has 1 saturated heterocycles. The van der Waals surface area contributed by atoms with Crippen LogP contribution in [-0.2, 0) is 14.8 Å². The average molecular weight is 639 g/mol. The molecule has 0 unspecified atom stereocenters. The molecular formula is C33H26N4O6S2. The highest BCUT2D eigenvalue weighted by atomic mass is 32.2. The summed E-state index contributed by atoms with van der Waals surface area (Å²) in [5, 5.41) is 12.4. The van der Waals surface area contributed by atoms with E-state index in [0.717, 1.165) is 49.9 Å². The summed E-state index contributed by atoms with van der Waals surface area (Å²) in [6.07, 6.45) is 1.80. The third-order valence-corrected chi connectivity index (χ3v) is 10.2. The molecule has 226 valence electrons. The number of benzene rings is 3. The number of hydrogen-bond acceptors (Lipinski definition) is 7. The van der Waals surface area contributed by atoms with E-state index < -0.39 is 16.0 Å². The van der Waals surface area contributed by atoms with Gasteiger partial charge in [-0.2, -0.15) is 0 Å². The fourth-order valence-corrected chi connectivity index (χ4v) is 7.97. The van der Waals surface area contributed by atoms with Gasteiger partial charge in [-0.15, -0.1) is 11.3 Å². The molecule has 1 aliphatic rings. The Kier molecular flexibility index (Phi) is 7.32. The van der Waals surface area contributed by atoms with Crippen LogP contribution in [0, 0.1) is 0 Å². The number of aromatic amines is 1.